The summed E-state index contributed by atoms with van der Waals surface area (Å²) in [6.45, 7) is 14.1. The van der Waals surface area contributed by atoms with E-state index in [9.17, 15) is 0 Å². The van der Waals surface area contributed by atoms with Gasteiger partial charge in [0.1, 0.15) is 0 Å². The molecule has 2 heterocycles. The van der Waals surface area contributed by atoms with Crippen LogP contribution in [0.3, 0.4) is 0 Å². The molecule has 5 nitrogen and oxygen atoms in total. The van der Waals surface area contributed by atoms with Gasteiger partial charge in [-0.15, -0.1) is 0 Å². The molecule has 1 fully saturated rings. The molecular weight excluding hydrogens is 240 g/mol. The molecule has 0 radical (unpaired) electrons. The number of hydrogen-bond donors (Lipinski definition) is 1. The second-order valence-electron chi connectivity index (χ2n) is 6.66. The van der Waals surface area contributed by atoms with E-state index in [2.05, 4.69) is 48.1 Å². The molecule has 2 rings (SSSR count). The second-order valence-corrected chi connectivity index (χ2v) is 6.66. The number of aryl methyl sites for hydroxylation is 1. The molecule has 1 aromatic rings. The zero-order valence-corrected chi connectivity index (χ0v) is 12.7. The summed E-state index contributed by atoms with van der Waals surface area (Å²) in [7, 11) is 0. The quantitative estimate of drug-likeness (QED) is 0.901. The van der Waals surface area contributed by atoms with Crippen molar-refractivity contribution in [1.29, 1.82) is 0 Å². The fraction of sp³-hybridized carbons (Fsp3) is 0.857. The first kappa shape index (κ1) is 14.5. The highest BCUT2D eigenvalue weighted by Gasteiger charge is 2.32. The van der Waals surface area contributed by atoms with Crippen LogP contribution < -0.4 is 5.32 Å². The molecule has 5 heteroatoms. The maximum atomic E-state index is 5.18. The first-order chi connectivity index (χ1) is 8.86. The average Bonchev–Trinajstić information content (AvgIpc) is 2.72. The molecule has 0 aliphatic carbocycles. The number of nitrogens with one attached hydrogen (secondary N) is 1. The van der Waals surface area contributed by atoms with Crippen LogP contribution in [0.15, 0.2) is 4.52 Å². The Morgan fingerprint density at radius 1 is 1.42 bits per heavy atom. The first-order valence-corrected chi connectivity index (χ1v) is 7.13. The molecule has 1 aliphatic heterocycles. The van der Waals surface area contributed by atoms with E-state index in [1.807, 2.05) is 6.92 Å². The molecule has 2 unspecified atom stereocenters. The number of aromatic nitrogens is 2. The van der Waals surface area contributed by atoms with Gasteiger partial charge in [-0.25, -0.2) is 0 Å². The van der Waals surface area contributed by atoms with Gasteiger partial charge in [0.25, 0.3) is 0 Å². The summed E-state index contributed by atoms with van der Waals surface area (Å²) in [5.41, 5.74) is 0.291. The summed E-state index contributed by atoms with van der Waals surface area (Å²) in [5, 5.41) is 7.48. The van der Waals surface area contributed by atoms with E-state index in [1.165, 1.54) is 0 Å². The molecule has 1 aliphatic rings. The normalized spacial score (nSPS) is 25.7. The maximum absolute atomic E-state index is 5.18. The van der Waals surface area contributed by atoms with Crippen molar-refractivity contribution in [2.75, 3.05) is 19.6 Å². The Bertz CT molecular complexity index is 410. The van der Waals surface area contributed by atoms with Crippen molar-refractivity contribution in [3.63, 3.8) is 0 Å². The minimum atomic E-state index is 0.291. The minimum Gasteiger partial charge on any atom is -0.339 e. The molecule has 0 aromatic carbocycles. The third kappa shape index (κ3) is 3.76. The number of nitrogens with zero attached hydrogens (tertiary/aromatic N) is 3. The highest BCUT2D eigenvalue weighted by Crippen LogP contribution is 2.23. The van der Waals surface area contributed by atoms with Crippen molar-refractivity contribution in [2.24, 2.45) is 5.41 Å². The van der Waals surface area contributed by atoms with Crippen molar-refractivity contribution in [3.8, 4) is 0 Å². The Balaban J connectivity index is 1.90. The summed E-state index contributed by atoms with van der Waals surface area (Å²) in [5.74, 6) is 1.46. The zero-order valence-electron chi connectivity index (χ0n) is 12.7. The van der Waals surface area contributed by atoms with Crippen LogP contribution in [-0.4, -0.2) is 46.8 Å². The van der Waals surface area contributed by atoms with Gasteiger partial charge >= 0.3 is 0 Å². The Morgan fingerprint density at radius 2 is 2.16 bits per heavy atom. The zero-order chi connectivity index (χ0) is 14.0. The summed E-state index contributed by atoms with van der Waals surface area (Å²) < 4.78 is 5.18. The van der Waals surface area contributed by atoms with E-state index in [4.69, 9.17) is 4.52 Å². The van der Waals surface area contributed by atoms with Gasteiger partial charge in [-0.2, -0.15) is 4.98 Å². The van der Waals surface area contributed by atoms with Gasteiger partial charge < -0.3 is 9.84 Å². The molecule has 0 saturated carbocycles. The summed E-state index contributed by atoms with van der Waals surface area (Å²) in [6.07, 6.45) is 0.835. The molecule has 1 N–H and O–H groups in total. The maximum Gasteiger partial charge on any atom is 0.227 e. The molecule has 19 heavy (non-hydrogen) atoms. The van der Waals surface area contributed by atoms with Crippen molar-refractivity contribution in [1.82, 2.24) is 20.4 Å². The predicted octanol–water partition coefficient (Wildman–Crippen LogP) is 1.63. The fourth-order valence-electron chi connectivity index (χ4n) is 2.49. The van der Waals surface area contributed by atoms with E-state index >= 15 is 0 Å². The van der Waals surface area contributed by atoms with Crippen LogP contribution in [0.25, 0.3) is 0 Å². The third-order valence-electron chi connectivity index (χ3n) is 3.93. The lowest BCUT2D eigenvalue weighted by Gasteiger charge is -2.43. The van der Waals surface area contributed by atoms with Gasteiger partial charge in [0, 0.05) is 38.1 Å². The highest BCUT2D eigenvalue weighted by molar-refractivity contribution is 4.92. The lowest BCUT2D eigenvalue weighted by Crippen LogP contribution is -2.59. The van der Waals surface area contributed by atoms with Gasteiger partial charge in [-0.1, -0.05) is 25.9 Å². The van der Waals surface area contributed by atoms with Crippen LogP contribution in [0.2, 0.25) is 0 Å². The Morgan fingerprint density at radius 3 is 2.74 bits per heavy atom. The average molecular weight is 266 g/mol. The van der Waals surface area contributed by atoms with Gasteiger partial charge in [-0.05, 0) is 19.3 Å². The van der Waals surface area contributed by atoms with Gasteiger partial charge in [0.15, 0.2) is 5.82 Å². The molecule has 0 amide bonds. The second kappa shape index (κ2) is 5.59. The Hall–Kier alpha value is -0.940. The predicted molar refractivity (Wildman–Crippen MR) is 75.0 cm³/mol. The molecule has 0 bridgehead atoms. The third-order valence-corrected chi connectivity index (χ3v) is 3.93. The lowest BCUT2D eigenvalue weighted by atomic mass is 9.85. The van der Waals surface area contributed by atoms with Crippen LogP contribution in [-0.2, 0) is 6.42 Å². The standard InChI is InChI=1S/C14H26N4O/c1-10-8-15-12(14(3,4)5)9-18(10)7-6-13-16-11(2)17-19-13/h10,12,15H,6-9H2,1-5H3. The van der Waals surface area contributed by atoms with E-state index in [0.29, 0.717) is 17.5 Å². The largest absolute Gasteiger partial charge is 0.339 e. The van der Waals surface area contributed by atoms with E-state index in [0.717, 1.165) is 37.8 Å². The molecule has 108 valence electrons. The number of hydrogen-bond acceptors (Lipinski definition) is 5. The van der Waals surface area contributed by atoms with Gasteiger partial charge in [-0.3, -0.25) is 4.90 Å². The molecule has 1 saturated heterocycles. The Labute approximate surface area is 115 Å². The number of rotatable bonds is 3. The lowest BCUT2D eigenvalue weighted by molar-refractivity contribution is 0.0928. The summed E-state index contributed by atoms with van der Waals surface area (Å²) in [6, 6.07) is 1.09. The van der Waals surface area contributed by atoms with Crippen LogP contribution in [0.1, 0.15) is 39.4 Å². The van der Waals surface area contributed by atoms with Crippen LogP contribution in [0.5, 0.6) is 0 Å². The van der Waals surface area contributed by atoms with Gasteiger partial charge in [0.05, 0.1) is 0 Å². The van der Waals surface area contributed by atoms with Crippen molar-refractivity contribution in [3.05, 3.63) is 11.7 Å². The smallest absolute Gasteiger partial charge is 0.227 e. The van der Waals surface area contributed by atoms with Crippen molar-refractivity contribution >= 4 is 0 Å². The topological polar surface area (TPSA) is 54.2 Å². The monoisotopic (exact) mass is 266 g/mol. The SMILES string of the molecule is Cc1noc(CCN2CC(C(C)(C)C)NCC2C)n1. The van der Waals surface area contributed by atoms with E-state index < -0.39 is 0 Å². The molecule has 1 aromatic heterocycles. The summed E-state index contributed by atoms with van der Waals surface area (Å²) in [4.78, 5) is 6.79. The van der Waals surface area contributed by atoms with Crippen molar-refractivity contribution < 1.29 is 4.52 Å². The highest BCUT2D eigenvalue weighted by atomic mass is 16.5. The van der Waals surface area contributed by atoms with Crippen LogP contribution >= 0.6 is 0 Å². The van der Waals surface area contributed by atoms with Crippen LogP contribution in [0, 0.1) is 12.3 Å². The minimum absolute atomic E-state index is 0.291. The molecular formula is C14H26N4O. The summed E-state index contributed by atoms with van der Waals surface area (Å²) >= 11 is 0. The van der Waals surface area contributed by atoms with Crippen LogP contribution in [0.4, 0.5) is 0 Å². The molecule has 2 atom stereocenters. The first-order valence-electron chi connectivity index (χ1n) is 7.13. The van der Waals surface area contributed by atoms with Gasteiger partial charge in [0.2, 0.25) is 5.89 Å². The Kier molecular flexibility index (Phi) is 4.26. The van der Waals surface area contributed by atoms with E-state index in [1.54, 1.807) is 0 Å². The molecule has 0 spiro atoms. The van der Waals surface area contributed by atoms with Crippen molar-refractivity contribution in [2.45, 2.75) is 53.1 Å². The van der Waals surface area contributed by atoms with E-state index in [-0.39, 0.29) is 0 Å². The number of piperazine rings is 1. The fourth-order valence-corrected chi connectivity index (χ4v) is 2.49.